The quantitative estimate of drug-likeness (QED) is 0.0243. The molecule has 0 aliphatic heterocycles. The van der Waals surface area contributed by atoms with E-state index in [9.17, 15) is 19.4 Å². The van der Waals surface area contributed by atoms with Crippen LogP contribution >= 0.6 is 7.82 Å². The average Bonchev–Trinajstić information content (AvgIpc) is 3.21. The number of carbonyl (C=O) groups excluding carboxylic acids is 1. The first-order valence-corrected chi connectivity index (χ1v) is 28.1. The van der Waals surface area contributed by atoms with Crippen molar-refractivity contribution in [2.45, 2.75) is 276 Å². The van der Waals surface area contributed by atoms with Crippen LogP contribution in [0.1, 0.15) is 264 Å². The van der Waals surface area contributed by atoms with Gasteiger partial charge in [-0.3, -0.25) is 13.8 Å². The summed E-state index contributed by atoms with van der Waals surface area (Å²) in [6, 6.07) is -0.839. The van der Waals surface area contributed by atoms with Gasteiger partial charge in [0.2, 0.25) is 5.91 Å². The van der Waals surface area contributed by atoms with Crippen LogP contribution < -0.4 is 5.32 Å². The maximum atomic E-state index is 12.9. The lowest BCUT2D eigenvalue weighted by Gasteiger charge is -2.25. The monoisotopic (exact) mass is 886 g/mol. The molecule has 0 bridgehead atoms. The maximum Gasteiger partial charge on any atom is 0.472 e. The number of carbonyl (C=O) groups is 1. The molecule has 0 saturated heterocycles. The van der Waals surface area contributed by atoms with Crippen molar-refractivity contribution in [1.82, 2.24) is 5.32 Å². The summed E-state index contributed by atoms with van der Waals surface area (Å²) in [7, 11) is 1.58. The molecule has 0 aromatic carbocycles. The largest absolute Gasteiger partial charge is 0.472 e. The van der Waals surface area contributed by atoms with Crippen LogP contribution in [0.25, 0.3) is 0 Å². The lowest BCUT2D eigenvalue weighted by atomic mass is 10.0. The molecule has 3 atom stereocenters. The number of amides is 1. The van der Waals surface area contributed by atoms with Crippen LogP contribution in [0.4, 0.5) is 0 Å². The summed E-state index contributed by atoms with van der Waals surface area (Å²) in [5.41, 5.74) is 0. The zero-order valence-electron chi connectivity index (χ0n) is 41.4. The van der Waals surface area contributed by atoms with Crippen LogP contribution in [0.2, 0.25) is 0 Å². The molecule has 0 aliphatic rings. The van der Waals surface area contributed by atoms with E-state index in [0.717, 1.165) is 38.5 Å². The number of nitrogens with zero attached hydrogens (tertiary/aromatic N) is 1. The molecular weight excluding hydrogens is 780 g/mol. The van der Waals surface area contributed by atoms with Crippen LogP contribution in [0, 0.1) is 0 Å². The van der Waals surface area contributed by atoms with Gasteiger partial charge in [-0.25, -0.2) is 4.57 Å². The predicted octanol–water partition coefficient (Wildman–Crippen LogP) is 15.5. The standard InChI is InChI=1S/C52H105N2O6P/c1-6-8-10-12-14-16-17-18-19-20-21-22-23-24-25-26-27-28-29-30-31-32-33-34-35-36-37-38-40-42-44-46-52(56)53-50(49-60-61(57,58)59-48-47-54(3,4)5)51(55)45-43-41-39-15-13-11-9-7-2/h43,45,50-51,55H,6-42,44,46-49H2,1-5H3,(H-,53,56,57,58)/p+1/b45-43+. The number of likely N-dealkylation sites (N-methyl/N-ethyl adjacent to an activating group) is 1. The minimum atomic E-state index is -4.33. The SMILES string of the molecule is CCCCCCCC/C=C/C(O)C(COP(=O)(O)OCC[N+](C)(C)C)NC(=O)CCCCCCCCCCCCCCCCCCCCCCCCCCCCCCCCC. The predicted molar refractivity (Wildman–Crippen MR) is 263 cm³/mol. The molecule has 0 aromatic rings. The second kappa shape index (κ2) is 44.4. The van der Waals surface area contributed by atoms with E-state index < -0.39 is 20.0 Å². The van der Waals surface area contributed by atoms with Crippen molar-refractivity contribution in [1.29, 1.82) is 0 Å². The number of aliphatic hydroxyl groups is 1. The van der Waals surface area contributed by atoms with Crippen molar-refractivity contribution in [3.8, 4) is 0 Å². The number of rotatable bonds is 49. The first kappa shape index (κ1) is 60.2. The van der Waals surface area contributed by atoms with Gasteiger partial charge in [0.1, 0.15) is 13.2 Å². The molecule has 0 fully saturated rings. The smallest absolute Gasteiger partial charge is 0.387 e. The van der Waals surface area contributed by atoms with E-state index in [1.165, 1.54) is 205 Å². The third kappa shape index (κ3) is 47.0. The molecule has 3 N–H and O–H groups in total. The van der Waals surface area contributed by atoms with Crippen LogP contribution in [-0.2, 0) is 18.4 Å². The number of allylic oxidation sites excluding steroid dienone is 1. The van der Waals surface area contributed by atoms with Crippen molar-refractivity contribution in [2.24, 2.45) is 0 Å². The fourth-order valence-corrected chi connectivity index (χ4v) is 8.78. The highest BCUT2D eigenvalue weighted by atomic mass is 31.2. The van der Waals surface area contributed by atoms with Gasteiger partial charge in [0, 0.05) is 6.42 Å². The Hall–Kier alpha value is -0.760. The molecule has 0 spiro atoms. The molecule has 9 heteroatoms. The maximum absolute atomic E-state index is 12.9. The zero-order chi connectivity index (χ0) is 45.0. The van der Waals surface area contributed by atoms with Gasteiger partial charge in [0.05, 0.1) is 39.9 Å². The number of aliphatic hydroxyl groups excluding tert-OH is 1. The van der Waals surface area contributed by atoms with E-state index in [0.29, 0.717) is 17.4 Å². The minimum absolute atomic E-state index is 0.0642. The summed E-state index contributed by atoms with van der Waals surface area (Å²) < 4.78 is 23.5. The van der Waals surface area contributed by atoms with E-state index >= 15 is 0 Å². The highest BCUT2D eigenvalue weighted by Gasteiger charge is 2.27. The topological polar surface area (TPSA) is 105 Å². The number of unbranched alkanes of at least 4 members (excludes halogenated alkanes) is 36. The van der Waals surface area contributed by atoms with Gasteiger partial charge in [-0.15, -0.1) is 0 Å². The summed E-state index contributed by atoms with van der Waals surface area (Å²) in [5.74, 6) is -0.175. The van der Waals surface area contributed by atoms with Crippen molar-refractivity contribution in [2.75, 3.05) is 40.9 Å². The summed E-state index contributed by atoms with van der Waals surface area (Å²) in [6.45, 7) is 4.80. The normalized spacial score (nSPS) is 14.1. The fraction of sp³-hybridized carbons (Fsp3) is 0.942. The van der Waals surface area contributed by atoms with Gasteiger partial charge < -0.3 is 19.8 Å². The summed E-state index contributed by atoms with van der Waals surface area (Å²) in [4.78, 5) is 23.1. The van der Waals surface area contributed by atoms with Crippen molar-refractivity contribution in [3.05, 3.63) is 12.2 Å². The van der Waals surface area contributed by atoms with Gasteiger partial charge in [0.25, 0.3) is 0 Å². The van der Waals surface area contributed by atoms with E-state index in [-0.39, 0.29) is 19.1 Å². The third-order valence-corrected chi connectivity index (χ3v) is 13.2. The molecule has 0 heterocycles. The van der Waals surface area contributed by atoms with Crippen molar-refractivity contribution < 1.29 is 32.9 Å². The molecule has 364 valence electrons. The zero-order valence-corrected chi connectivity index (χ0v) is 42.3. The molecule has 3 unspecified atom stereocenters. The Balaban J connectivity index is 3.88. The molecule has 61 heavy (non-hydrogen) atoms. The Kier molecular flexibility index (Phi) is 43.9. The number of phosphoric acid groups is 1. The van der Waals surface area contributed by atoms with Gasteiger partial charge in [-0.2, -0.15) is 0 Å². The van der Waals surface area contributed by atoms with Crippen molar-refractivity contribution in [3.63, 3.8) is 0 Å². The Bertz CT molecular complexity index is 1000. The molecule has 8 nitrogen and oxygen atoms in total. The van der Waals surface area contributed by atoms with Crippen LogP contribution in [-0.4, -0.2) is 73.4 Å². The third-order valence-electron chi connectivity index (χ3n) is 12.3. The van der Waals surface area contributed by atoms with E-state index in [2.05, 4.69) is 19.2 Å². The fourth-order valence-electron chi connectivity index (χ4n) is 8.04. The number of nitrogens with one attached hydrogen (secondary N) is 1. The molecule has 0 radical (unpaired) electrons. The highest BCUT2D eigenvalue weighted by Crippen LogP contribution is 2.43. The Morgan fingerprint density at radius 1 is 0.541 bits per heavy atom. The minimum Gasteiger partial charge on any atom is -0.387 e. The van der Waals surface area contributed by atoms with Crippen molar-refractivity contribution >= 4 is 13.7 Å². The van der Waals surface area contributed by atoms with Gasteiger partial charge >= 0.3 is 7.82 Å². The lowest BCUT2D eigenvalue weighted by Crippen LogP contribution is -2.45. The summed E-state index contributed by atoms with van der Waals surface area (Å²) in [5, 5.41) is 13.8. The Morgan fingerprint density at radius 3 is 1.21 bits per heavy atom. The highest BCUT2D eigenvalue weighted by molar-refractivity contribution is 7.47. The Morgan fingerprint density at radius 2 is 0.869 bits per heavy atom. The summed E-state index contributed by atoms with van der Waals surface area (Å²) in [6.07, 6.45) is 53.4. The van der Waals surface area contributed by atoms with Crippen LogP contribution in [0.5, 0.6) is 0 Å². The van der Waals surface area contributed by atoms with E-state index in [4.69, 9.17) is 9.05 Å². The van der Waals surface area contributed by atoms with Gasteiger partial charge in [-0.1, -0.05) is 251 Å². The molecular formula is C52H106N2O6P+. The first-order chi connectivity index (χ1) is 29.5. The first-order valence-electron chi connectivity index (χ1n) is 26.6. The molecule has 1 amide bonds. The molecule has 0 aromatic heterocycles. The second-order valence-electron chi connectivity index (χ2n) is 19.6. The lowest BCUT2D eigenvalue weighted by molar-refractivity contribution is -0.870. The van der Waals surface area contributed by atoms with E-state index in [1.807, 2.05) is 27.2 Å². The van der Waals surface area contributed by atoms with Crippen LogP contribution in [0.15, 0.2) is 12.2 Å². The number of phosphoric ester groups is 1. The summed E-state index contributed by atoms with van der Waals surface area (Å²) >= 11 is 0. The molecule has 0 saturated carbocycles. The molecule has 0 aliphatic carbocycles. The van der Waals surface area contributed by atoms with Gasteiger partial charge in [-0.05, 0) is 19.3 Å². The number of hydrogen-bond acceptors (Lipinski definition) is 5. The van der Waals surface area contributed by atoms with E-state index in [1.54, 1.807) is 6.08 Å². The molecule has 0 rings (SSSR count). The Labute approximate surface area is 380 Å². The average molecular weight is 886 g/mol. The number of quaternary nitrogens is 1. The number of hydrogen-bond donors (Lipinski definition) is 3. The second-order valence-corrected chi connectivity index (χ2v) is 21.1. The van der Waals surface area contributed by atoms with Gasteiger partial charge in [0.15, 0.2) is 0 Å². The van der Waals surface area contributed by atoms with Crippen LogP contribution in [0.3, 0.4) is 0 Å².